The molecule has 2 heteroatoms. The average molecular weight is 254 g/mol. The van der Waals surface area contributed by atoms with Gasteiger partial charge in [-0.3, -0.25) is 4.79 Å². The van der Waals surface area contributed by atoms with E-state index >= 15 is 0 Å². The van der Waals surface area contributed by atoms with E-state index in [-0.39, 0.29) is 11.6 Å². The van der Waals surface area contributed by atoms with Crippen molar-refractivity contribution in [3.63, 3.8) is 0 Å². The maximum Gasteiger partial charge on any atom is 0.186 e. The Balaban J connectivity index is 2.26. The first-order valence-corrected chi connectivity index (χ1v) is 6.12. The van der Waals surface area contributed by atoms with E-state index in [1.54, 1.807) is 18.2 Å². The van der Waals surface area contributed by atoms with Crippen LogP contribution in [0.15, 0.2) is 48.5 Å². The minimum atomic E-state index is -0.326. The fourth-order valence-corrected chi connectivity index (χ4v) is 1.87. The summed E-state index contributed by atoms with van der Waals surface area (Å²) in [5.74, 6) is -0.433. The van der Waals surface area contributed by atoms with Crippen LogP contribution in [0.4, 0.5) is 4.39 Å². The highest BCUT2D eigenvalue weighted by Crippen LogP contribution is 2.14. The van der Waals surface area contributed by atoms with Crippen molar-refractivity contribution in [2.45, 2.75) is 13.8 Å². The number of aryl methyl sites for hydroxylation is 2. The molecule has 0 aliphatic carbocycles. The highest BCUT2D eigenvalue weighted by atomic mass is 19.1. The van der Waals surface area contributed by atoms with Crippen LogP contribution < -0.4 is 0 Å². The van der Waals surface area contributed by atoms with E-state index in [2.05, 4.69) is 0 Å². The van der Waals surface area contributed by atoms with E-state index in [9.17, 15) is 9.18 Å². The largest absolute Gasteiger partial charge is 0.289 e. The van der Waals surface area contributed by atoms with Crippen molar-refractivity contribution in [2.24, 2.45) is 0 Å². The fraction of sp³-hybridized carbons (Fsp3) is 0.118. The average Bonchev–Trinajstić information content (AvgIpc) is 2.40. The van der Waals surface area contributed by atoms with E-state index < -0.39 is 0 Å². The van der Waals surface area contributed by atoms with Gasteiger partial charge in [0.25, 0.3) is 0 Å². The molecule has 0 fully saturated rings. The van der Waals surface area contributed by atoms with Crippen LogP contribution in [0.1, 0.15) is 27.0 Å². The molecule has 0 aliphatic heterocycles. The van der Waals surface area contributed by atoms with Gasteiger partial charge in [-0.25, -0.2) is 4.39 Å². The molecule has 0 atom stereocenters. The number of allylic oxidation sites excluding steroid dienone is 1. The predicted molar refractivity (Wildman–Crippen MR) is 75.7 cm³/mol. The van der Waals surface area contributed by atoms with Gasteiger partial charge in [-0.05, 0) is 43.7 Å². The van der Waals surface area contributed by atoms with Crippen LogP contribution in [0, 0.1) is 19.7 Å². The summed E-state index contributed by atoms with van der Waals surface area (Å²) >= 11 is 0. The molecule has 0 saturated carbocycles. The topological polar surface area (TPSA) is 17.1 Å². The summed E-state index contributed by atoms with van der Waals surface area (Å²) in [7, 11) is 0. The van der Waals surface area contributed by atoms with Crippen LogP contribution in [-0.4, -0.2) is 5.78 Å². The molecule has 2 rings (SSSR count). The van der Waals surface area contributed by atoms with Crippen molar-refractivity contribution in [3.8, 4) is 0 Å². The minimum Gasteiger partial charge on any atom is -0.289 e. The van der Waals surface area contributed by atoms with Gasteiger partial charge in [0.05, 0.1) is 0 Å². The lowest BCUT2D eigenvalue weighted by molar-refractivity contribution is 0.104. The maximum atomic E-state index is 13.4. The number of halogens is 1. The smallest absolute Gasteiger partial charge is 0.186 e. The summed E-state index contributed by atoms with van der Waals surface area (Å²) in [6.45, 7) is 3.83. The zero-order chi connectivity index (χ0) is 13.8. The van der Waals surface area contributed by atoms with Crippen molar-refractivity contribution in [2.75, 3.05) is 0 Å². The van der Waals surface area contributed by atoms with Crippen molar-refractivity contribution >= 4 is 11.9 Å². The molecule has 0 N–H and O–H groups in total. The van der Waals surface area contributed by atoms with Crippen LogP contribution in [0.3, 0.4) is 0 Å². The third-order valence-electron chi connectivity index (χ3n) is 2.98. The quantitative estimate of drug-likeness (QED) is 0.588. The van der Waals surface area contributed by atoms with E-state index in [4.69, 9.17) is 0 Å². The number of ketones is 1. The molecular formula is C17H15FO. The lowest BCUT2D eigenvalue weighted by Crippen LogP contribution is -1.98. The van der Waals surface area contributed by atoms with Crippen molar-refractivity contribution < 1.29 is 9.18 Å². The Kier molecular flexibility index (Phi) is 3.91. The fourth-order valence-electron chi connectivity index (χ4n) is 1.87. The molecule has 0 spiro atoms. The minimum absolute atomic E-state index is 0.107. The Morgan fingerprint density at radius 2 is 1.84 bits per heavy atom. The van der Waals surface area contributed by atoms with E-state index in [1.807, 2.05) is 32.0 Å². The molecule has 0 unspecified atom stereocenters. The molecule has 0 radical (unpaired) electrons. The molecule has 2 aromatic rings. The van der Waals surface area contributed by atoms with Gasteiger partial charge in [0.1, 0.15) is 5.82 Å². The second-order valence-electron chi connectivity index (χ2n) is 4.54. The lowest BCUT2D eigenvalue weighted by atomic mass is 10.0. The Morgan fingerprint density at radius 1 is 1.11 bits per heavy atom. The third kappa shape index (κ3) is 3.16. The monoisotopic (exact) mass is 254 g/mol. The van der Waals surface area contributed by atoms with Gasteiger partial charge >= 0.3 is 0 Å². The second-order valence-corrected chi connectivity index (χ2v) is 4.54. The van der Waals surface area contributed by atoms with Gasteiger partial charge in [-0.15, -0.1) is 0 Å². The normalized spacial score (nSPS) is 10.9. The molecule has 0 saturated heterocycles. The SMILES string of the molecule is Cc1ccc(C)c(C(=O)/C=C/c2ccccc2F)c1. The number of rotatable bonds is 3. The first-order chi connectivity index (χ1) is 9.08. The molecule has 0 amide bonds. The van der Waals surface area contributed by atoms with Crippen molar-refractivity contribution in [1.82, 2.24) is 0 Å². The Hall–Kier alpha value is -2.22. The number of carbonyl (C=O) groups excluding carboxylic acids is 1. The first kappa shape index (κ1) is 13.2. The summed E-state index contributed by atoms with van der Waals surface area (Å²) in [6.07, 6.45) is 2.93. The van der Waals surface area contributed by atoms with Crippen molar-refractivity contribution in [3.05, 3.63) is 76.6 Å². The number of benzene rings is 2. The van der Waals surface area contributed by atoms with Gasteiger partial charge in [-0.2, -0.15) is 0 Å². The van der Waals surface area contributed by atoms with Gasteiger partial charge in [0.2, 0.25) is 0 Å². The Labute approximate surface area is 112 Å². The summed E-state index contributed by atoms with van der Waals surface area (Å²) in [5.41, 5.74) is 3.04. The van der Waals surface area contributed by atoms with Crippen LogP contribution in [-0.2, 0) is 0 Å². The van der Waals surface area contributed by atoms with E-state index in [1.165, 1.54) is 18.2 Å². The zero-order valence-corrected chi connectivity index (χ0v) is 11.0. The van der Waals surface area contributed by atoms with Gasteiger partial charge in [0, 0.05) is 11.1 Å². The van der Waals surface area contributed by atoms with Crippen LogP contribution in [0.2, 0.25) is 0 Å². The van der Waals surface area contributed by atoms with Gasteiger partial charge in [-0.1, -0.05) is 35.9 Å². The number of carbonyl (C=O) groups is 1. The van der Waals surface area contributed by atoms with Crippen LogP contribution in [0.5, 0.6) is 0 Å². The number of hydrogen-bond acceptors (Lipinski definition) is 1. The molecule has 0 aromatic heterocycles. The maximum absolute atomic E-state index is 13.4. The Morgan fingerprint density at radius 3 is 2.58 bits per heavy atom. The molecule has 2 aromatic carbocycles. The molecule has 0 bridgehead atoms. The lowest BCUT2D eigenvalue weighted by Gasteiger charge is -2.03. The molecule has 0 heterocycles. The Bertz CT molecular complexity index is 641. The summed E-state index contributed by atoms with van der Waals surface area (Å²) < 4.78 is 13.4. The second kappa shape index (κ2) is 5.61. The van der Waals surface area contributed by atoms with Crippen LogP contribution >= 0.6 is 0 Å². The third-order valence-corrected chi connectivity index (χ3v) is 2.98. The first-order valence-electron chi connectivity index (χ1n) is 6.12. The van der Waals surface area contributed by atoms with Gasteiger partial charge < -0.3 is 0 Å². The molecular weight excluding hydrogens is 239 g/mol. The van der Waals surface area contributed by atoms with E-state index in [0.29, 0.717) is 11.1 Å². The van der Waals surface area contributed by atoms with Crippen LogP contribution in [0.25, 0.3) is 6.08 Å². The highest BCUT2D eigenvalue weighted by molar-refractivity contribution is 6.07. The van der Waals surface area contributed by atoms with Gasteiger partial charge in [0.15, 0.2) is 5.78 Å². The summed E-state index contributed by atoms with van der Waals surface area (Å²) in [4.78, 5) is 12.1. The van der Waals surface area contributed by atoms with E-state index in [0.717, 1.165) is 11.1 Å². The molecule has 0 aliphatic rings. The predicted octanol–water partition coefficient (Wildman–Crippen LogP) is 4.34. The highest BCUT2D eigenvalue weighted by Gasteiger charge is 2.06. The summed E-state index contributed by atoms with van der Waals surface area (Å²) in [6, 6.07) is 12.1. The van der Waals surface area contributed by atoms with Crippen molar-refractivity contribution in [1.29, 1.82) is 0 Å². The summed E-state index contributed by atoms with van der Waals surface area (Å²) in [5, 5.41) is 0. The molecule has 19 heavy (non-hydrogen) atoms. The molecule has 1 nitrogen and oxygen atoms in total. The standard InChI is InChI=1S/C17H15FO/c1-12-7-8-13(2)15(11-12)17(19)10-9-14-5-3-4-6-16(14)18/h3-11H,1-2H3/b10-9+. The number of hydrogen-bond donors (Lipinski definition) is 0. The zero-order valence-electron chi connectivity index (χ0n) is 11.0. The molecule has 96 valence electrons.